The third-order valence-electron chi connectivity index (χ3n) is 2.90. The molecule has 0 unspecified atom stereocenters. The maximum absolute atomic E-state index is 11.0. The van der Waals surface area contributed by atoms with Crippen LogP contribution in [0.3, 0.4) is 0 Å². The molecule has 1 saturated carbocycles. The molecule has 95 valence electrons. The van der Waals surface area contributed by atoms with Crippen LogP contribution < -0.4 is 16.9 Å². The number of halogens is 1. The van der Waals surface area contributed by atoms with E-state index in [-0.39, 0.29) is 5.82 Å². The first-order chi connectivity index (χ1) is 9.13. The van der Waals surface area contributed by atoms with Crippen molar-refractivity contribution in [2.24, 2.45) is 5.73 Å². The quantitative estimate of drug-likeness (QED) is 0.733. The van der Waals surface area contributed by atoms with Gasteiger partial charge in [0.2, 0.25) is 13.1 Å². The molecule has 1 aliphatic carbocycles. The highest BCUT2D eigenvalue weighted by Gasteiger charge is 2.26. The van der Waals surface area contributed by atoms with Crippen LogP contribution in [0.4, 0.5) is 0 Å². The van der Waals surface area contributed by atoms with Gasteiger partial charge >= 0.3 is 0 Å². The Balaban J connectivity index is 1.84. The third kappa shape index (κ3) is 2.60. The molecule has 2 heterocycles. The van der Waals surface area contributed by atoms with Crippen LogP contribution in [0.25, 0.3) is 0 Å². The molecule has 0 aliphatic heterocycles. The Morgan fingerprint density at radius 1 is 1.53 bits per heavy atom. The molecule has 6 nitrogen and oxygen atoms in total. The monoisotopic (exact) mass is 274 g/mol. The van der Waals surface area contributed by atoms with E-state index < -0.39 is 5.91 Å². The van der Waals surface area contributed by atoms with Gasteiger partial charge in [-0.25, -0.2) is 9.97 Å². The highest BCUT2D eigenvalue weighted by molar-refractivity contribution is 6.68. The standard InChI is InChI=1S/C11H10BClN5O/c13-6-4-15-11(10(14)19)16-9(6)12-8-3-7(17-18-8)5-1-2-5/h3-5H,1-2H2,(H2,14,19)(H,17,18). The summed E-state index contributed by atoms with van der Waals surface area (Å²) in [6.45, 7) is 0. The smallest absolute Gasteiger partial charge is 0.286 e. The Morgan fingerprint density at radius 3 is 3.00 bits per heavy atom. The summed E-state index contributed by atoms with van der Waals surface area (Å²) in [6.07, 6.45) is 3.73. The molecule has 3 rings (SSSR count). The van der Waals surface area contributed by atoms with Crippen LogP contribution in [0, 0.1) is 0 Å². The number of primary amides is 1. The molecule has 0 saturated heterocycles. The topological polar surface area (TPSA) is 97.5 Å². The van der Waals surface area contributed by atoms with E-state index in [1.807, 2.05) is 6.07 Å². The maximum atomic E-state index is 11.0. The van der Waals surface area contributed by atoms with E-state index in [9.17, 15) is 4.79 Å². The average Bonchev–Trinajstić information content (AvgIpc) is 3.13. The van der Waals surface area contributed by atoms with Gasteiger partial charge in [0.1, 0.15) is 0 Å². The van der Waals surface area contributed by atoms with Gasteiger partial charge in [-0.1, -0.05) is 11.6 Å². The van der Waals surface area contributed by atoms with Gasteiger partial charge in [0.25, 0.3) is 5.91 Å². The lowest BCUT2D eigenvalue weighted by Crippen LogP contribution is -2.34. The fraction of sp³-hybridized carbons (Fsp3) is 0.273. The van der Waals surface area contributed by atoms with Gasteiger partial charge in [-0.3, -0.25) is 9.89 Å². The second-order valence-corrected chi connectivity index (χ2v) is 4.87. The van der Waals surface area contributed by atoms with Gasteiger partial charge in [-0.05, 0) is 18.9 Å². The van der Waals surface area contributed by atoms with Crippen molar-refractivity contribution in [1.29, 1.82) is 0 Å². The van der Waals surface area contributed by atoms with E-state index in [2.05, 4.69) is 20.2 Å². The number of hydrogen-bond acceptors (Lipinski definition) is 4. The number of nitrogens with one attached hydrogen (secondary N) is 1. The first-order valence-corrected chi connectivity index (χ1v) is 6.23. The van der Waals surface area contributed by atoms with Gasteiger partial charge in [-0.15, -0.1) is 0 Å². The van der Waals surface area contributed by atoms with Crippen molar-refractivity contribution in [2.75, 3.05) is 0 Å². The number of aromatic amines is 1. The number of hydrogen-bond donors (Lipinski definition) is 2. The fourth-order valence-electron chi connectivity index (χ4n) is 1.76. The van der Waals surface area contributed by atoms with E-state index in [0.717, 1.165) is 11.3 Å². The van der Waals surface area contributed by atoms with Gasteiger partial charge < -0.3 is 5.73 Å². The second kappa shape index (κ2) is 4.66. The van der Waals surface area contributed by atoms with E-state index in [1.54, 1.807) is 7.28 Å². The van der Waals surface area contributed by atoms with Gasteiger partial charge in [0.15, 0.2) is 0 Å². The molecule has 0 atom stereocenters. The first-order valence-electron chi connectivity index (χ1n) is 5.86. The first kappa shape index (κ1) is 12.2. The molecule has 1 aliphatic rings. The highest BCUT2D eigenvalue weighted by atomic mass is 35.5. The van der Waals surface area contributed by atoms with Crippen LogP contribution in [0.1, 0.15) is 35.1 Å². The molecular weight excluding hydrogens is 264 g/mol. The fourth-order valence-corrected chi connectivity index (χ4v) is 1.91. The van der Waals surface area contributed by atoms with E-state index in [0.29, 0.717) is 16.5 Å². The van der Waals surface area contributed by atoms with Crippen molar-refractivity contribution in [1.82, 2.24) is 20.2 Å². The van der Waals surface area contributed by atoms with Crippen LogP contribution in [0.5, 0.6) is 0 Å². The molecular formula is C11H10BClN5O. The number of nitrogens with two attached hydrogens (primary N) is 1. The lowest BCUT2D eigenvalue weighted by molar-refractivity contribution is 0.0990. The van der Waals surface area contributed by atoms with E-state index in [4.69, 9.17) is 17.3 Å². The van der Waals surface area contributed by atoms with E-state index in [1.165, 1.54) is 19.0 Å². The molecule has 1 amide bonds. The summed E-state index contributed by atoms with van der Waals surface area (Å²) in [5.74, 6) is -0.173. The molecule has 8 heteroatoms. The normalized spacial score (nSPS) is 14.4. The summed E-state index contributed by atoms with van der Waals surface area (Å²) in [5, 5.41) is 7.49. The number of carbonyl (C=O) groups excluding carboxylic acids is 1. The second-order valence-electron chi connectivity index (χ2n) is 4.46. The Labute approximate surface area is 115 Å². The number of rotatable bonds is 4. The molecule has 1 radical (unpaired) electrons. The summed E-state index contributed by atoms with van der Waals surface area (Å²) in [7, 11) is 1.72. The summed E-state index contributed by atoms with van der Waals surface area (Å²) in [4.78, 5) is 18.8. The Bertz CT molecular complexity index is 640. The molecule has 0 bridgehead atoms. The molecule has 0 aromatic carbocycles. The van der Waals surface area contributed by atoms with Gasteiger partial charge in [0, 0.05) is 23.3 Å². The predicted octanol–water partition coefficient (Wildman–Crippen LogP) is -0.516. The summed E-state index contributed by atoms with van der Waals surface area (Å²) < 4.78 is 0. The minimum Gasteiger partial charge on any atom is -0.363 e. The molecule has 3 N–H and O–H groups in total. The number of H-pyrrole nitrogens is 1. The molecule has 19 heavy (non-hydrogen) atoms. The minimum absolute atomic E-state index is 0.0578. The lowest BCUT2D eigenvalue weighted by atomic mass is 9.70. The van der Waals surface area contributed by atoms with Gasteiger partial charge in [-0.2, -0.15) is 5.10 Å². The highest BCUT2D eigenvalue weighted by Crippen LogP contribution is 2.38. The van der Waals surface area contributed by atoms with Crippen molar-refractivity contribution < 1.29 is 4.79 Å². The largest absolute Gasteiger partial charge is 0.363 e. The zero-order valence-electron chi connectivity index (χ0n) is 9.93. The van der Waals surface area contributed by atoms with Crippen molar-refractivity contribution >= 4 is 36.0 Å². The molecule has 2 aromatic heterocycles. The summed E-state index contributed by atoms with van der Waals surface area (Å²) >= 11 is 5.99. The summed E-state index contributed by atoms with van der Waals surface area (Å²) in [5.41, 5.74) is 7.42. The van der Waals surface area contributed by atoms with Crippen LogP contribution in [-0.2, 0) is 0 Å². The number of carbonyl (C=O) groups is 1. The van der Waals surface area contributed by atoms with Crippen molar-refractivity contribution in [3.8, 4) is 0 Å². The third-order valence-corrected chi connectivity index (χ3v) is 3.19. The predicted molar refractivity (Wildman–Crippen MR) is 71.1 cm³/mol. The molecule has 0 spiro atoms. The maximum Gasteiger partial charge on any atom is 0.286 e. The van der Waals surface area contributed by atoms with Gasteiger partial charge in [0.05, 0.1) is 10.7 Å². The number of nitrogens with zero attached hydrogens (tertiary/aromatic N) is 3. The summed E-state index contributed by atoms with van der Waals surface area (Å²) in [6, 6.07) is 1.96. The van der Waals surface area contributed by atoms with Crippen LogP contribution in [-0.4, -0.2) is 33.4 Å². The SMILES string of the molecule is NC(=O)c1ncc(Cl)c([B]c2cc(C3CC3)n[nH]2)n1. The van der Waals surface area contributed by atoms with Crippen LogP contribution in [0.2, 0.25) is 5.02 Å². The van der Waals surface area contributed by atoms with Crippen molar-refractivity contribution in [3.05, 3.63) is 28.8 Å². The van der Waals surface area contributed by atoms with E-state index >= 15 is 0 Å². The number of amides is 1. The number of aromatic nitrogens is 4. The van der Waals surface area contributed by atoms with Crippen LogP contribution >= 0.6 is 11.6 Å². The van der Waals surface area contributed by atoms with Crippen molar-refractivity contribution in [2.45, 2.75) is 18.8 Å². The van der Waals surface area contributed by atoms with Crippen molar-refractivity contribution in [3.63, 3.8) is 0 Å². The Hall–Kier alpha value is -1.89. The lowest BCUT2D eigenvalue weighted by Gasteiger charge is -2.01. The Kier molecular flexibility index (Phi) is 2.98. The van der Waals surface area contributed by atoms with Crippen LogP contribution in [0.15, 0.2) is 12.3 Å². The molecule has 2 aromatic rings. The average molecular weight is 274 g/mol. The minimum atomic E-state index is -0.686. The Morgan fingerprint density at radius 2 is 2.32 bits per heavy atom. The molecule has 1 fully saturated rings. The zero-order chi connectivity index (χ0) is 13.4. The zero-order valence-corrected chi connectivity index (χ0v) is 10.7.